The molecule has 2 heterocycles. The fourth-order valence-corrected chi connectivity index (χ4v) is 3.64. The summed E-state index contributed by atoms with van der Waals surface area (Å²) in [5.74, 6) is -0.574. The topological polar surface area (TPSA) is 116 Å². The Kier molecular flexibility index (Phi) is 5.64. The summed E-state index contributed by atoms with van der Waals surface area (Å²) in [7, 11) is 0. The van der Waals surface area contributed by atoms with Gasteiger partial charge in [0.2, 0.25) is 11.8 Å². The lowest BCUT2D eigenvalue weighted by Gasteiger charge is -2.06. The van der Waals surface area contributed by atoms with E-state index >= 15 is 0 Å². The Morgan fingerprint density at radius 3 is 2.50 bits per heavy atom. The Bertz CT molecular complexity index is 1220. The summed E-state index contributed by atoms with van der Waals surface area (Å²) in [6.07, 6.45) is 3.12. The smallest absolute Gasteiger partial charge is 0.248 e. The number of hydrogen-bond acceptors (Lipinski definition) is 6. The molecule has 0 radical (unpaired) electrons. The molecule has 0 saturated heterocycles. The molecule has 2 amide bonds. The van der Waals surface area contributed by atoms with Crippen LogP contribution in [0.15, 0.2) is 66.1 Å². The van der Waals surface area contributed by atoms with E-state index in [1.54, 1.807) is 47.3 Å². The highest BCUT2D eigenvalue weighted by molar-refractivity contribution is 8.00. The first-order chi connectivity index (χ1) is 14.5. The van der Waals surface area contributed by atoms with Crippen LogP contribution in [0.5, 0.6) is 0 Å². The number of aromatic nitrogens is 4. The summed E-state index contributed by atoms with van der Waals surface area (Å²) < 4.78 is 1.69. The number of nitrogens with two attached hydrogens (primary N) is 1. The number of hydrogen-bond donors (Lipinski definition) is 2. The Morgan fingerprint density at radius 1 is 1.07 bits per heavy atom. The highest BCUT2D eigenvalue weighted by Gasteiger charge is 2.13. The van der Waals surface area contributed by atoms with E-state index in [1.165, 1.54) is 18.1 Å². The van der Waals surface area contributed by atoms with Gasteiger partial charge in [0.05, 0.1) is 23.0 Å². The minimum Gasteiger partial charge on any atom is -0.366 e. The molecule has 2 aromatic carbocycles. The van der Waals surface area contributed by atoms with E-state index < -0.39 is 5.91 Å². The van der Waals surface area contributed by atoms with Crippen LogP contribution in [0.2, 0.25) is 5.02 Å². The van der Waals surface area contributed by atoms with Gasteiger partial charge in [0.15, 0.2) is 5.65 Å². The molecule has 0 bridgehead atoms. The highest BCUT2D eigenvalue weighted by atomic mass is 35.5. The lowest BCUT2D eigenvalue weighted by molar-refractivity contribution is -0.113. The molecule has 0 spiro atoms. The molecule has 0 saturated carbocycles. The average Bonchev–Trinajstić information content (AvgIpc) is 3.18. The Hall–Kier alpha value is -3.43. The van der Waals surface area contributed by atoms with Crippen molar-refractivity contribution in [1.82, 2.24) is 19.7 Å². The van der Waals surface area contributed by atoms with Crippen molar-refractivity contribution < 1.29 is 9.59 Å². The van der Waals surface area contributed by atoms with E-state index in [9.17, 15) is 9.59 Å². The molecule has 8 nitrogen and oxygen atoms in total. The molecule has 0 aliphatic rings. The van der Waals surface area contributed by atoms with Gasteiger partial charge in [-0.2, -0.15) is 5.10 Å². The van der Waals surface area contributed by atoms with Crippen LogP contribution in [-0.4, -0.2) is 37.3 Å². The molecule has 3 N–H and O–H groups in total. The monoisotopic (exact) mass is 438 g/mol. The van der Waals surface area contributed by atoms with Crippen LogP contribution >= 0.6 is 23.4 Å². The molecule has 2 aromatic heterocycles. The minimum atomic E-state index is -0.518. The molecular formula is C20H15ClN6O2S. The normalized spacial score (nSPS) is 10.8. The molecule has 150 valence electrons. The number of amides is 2. The standard InChI is InChI=1S/C20H15ClN6O2S/c21-13-3-7-15(8-4-13)27-19-16(9-25-27)20(24-11-23-19)30-10-17(28)26-14-5-1-12(2-6-14)18(22)29/h1-9,11H,10H2,(H2,22,29)(H,26,28). The predicted octanol–water partition coefficient (Wildman–Crippen LogP) is 3.30. The first-order valence-electron chi connectivity index (χ1n) is 8.78. The lowest BCUT2D eigenvalue weighted by atomic mass is 10.2. The molecule has 10 heteroatoms. The SMILES string of the molecule is NC(=O)c1ccc(NC(=O)CSc2ncnc3c2cnn3-c2ccc(Cl)cc2)cc1. The van der Waals surface area contributed by atoms with E-state index in [1.807, 2.05) is 12.1 Å². The first kappa shape index (κ1) is 19.9. The summed E-state index contributed by atoms with van der Waals surface area (Å²) in [5.41, 5.74) is 7.63. The Morgan fingerprint density at radius 2 is 1.80 bits per heavy atom. The van der Waals surface area contributed by atoms with Crippen LogP contribution in [-0.2, 0) is 4.79 Å². The third kappa shape index (κ3) is 4.27. The number of fused-ring (bicyclic) bond motifs is 1. The summed E-state index contributed by atoms with van der Waals surface area (Å²) in [6.45, 7) is 0. The van der Waals surface area contributed by atoms with E-state index in [4.69, 9.17) is 17.3 Å². The molecule has 4 rings (SSSR count). The zero-order chi connectivity index (χ0) is 21.1. The number of carbonyl (C=O) groups excluding carboxylic acids is 2. The molecule has 4 aromatic rings. The van der Waals surface area contributed by atoms with E-state index in [-0.39, 0.29) is 11.7 Å². The largest absolute Gasteiger partial charge is 0.366 e. The number of primary amides is 1. The number of thioether (sulfide) groups is 1. The predicted molar refractivity (Wildman–Crippen MR) is 116 cm³/mol. The first-order valence-corrected chi connectivity index (χ1v) is 10.1. The van der Waals surface area contributed by atoms with Crippen molar-refractivity contribution in [3.63, 3.8) is 0 Å². The minimum absolute atomic E-state index is 0.149. The van der Waals surface area contributed by atoms with Crippen molar-refractivity contribution in [2.24, 2.45) is 5.73 Å². The van der Waals surface area contributed by atoms with Crippen molar-refractivity contribution in [2.45, 2.75) is 5.03 Å². The van der Waals surface area contributed by atoms with E-state index in [0.717, 1.165) is 11.1 Å². The van der Waals surface area contributed by atoms with E-state index in [0.29, 0.717) is 26.9 Å². The number of rotatable bonds is 6. The fraction of sp³-hybridized carbons (Fsp3) is 0.0500. The van der Waals surface area contributed by atoms with Crippen molar-refractivity contribution in [2.75, 3.05) is 11.1 Å². The second kappa shape index (κ2) is 8.52. The van der Waals surface area contributed by atoms with Gasteiger partial charge in [0, 0.05) is 16.3 Å². The van der Waals surface area contributed by atoms with Crippen LogP contribution in [0.4, 0.5) is 5.69 Å². The van der Waals surface area contributed by atoms with E-state index in [2.05, 4.69) is 20.4 Å². The molecule has 0 unspecified atom stereocenters. The molecule has 0 aliphatic heterocycles. The van der Waals surface area contributed by atoms with Crippen LogP contribution in [0.25, 0.3) is 16.7 Å². The second-order valence-corrected chi connectivity index (χ2v) is 7.63. The maximum absolute atomic E-state index is 12.3. The Balaban J connectivity index is 1.47. The molecule has 30 heavy (non-hydrogen) atoms. The number of nitrogens with zero attached hydrogens (tertiary/aromatic N) is 4. The van der Waals surface area contributed by atoms with Gasteiger partial charge in [-0.3, -0.25) is 9.59 Å². The van der Waals surface area contributed by atoms with Crippen LogP contribution in [0.3, 0.4) is 0 Å². The van der Waals surface area contributed by atoms with Gasteiger partial charge in [-0.05, 0) is 48.5 Å². The van der Waals surface area contributed by atoms with Crippen molar-refractivity contribution in [3.05, 3.63) is 71.6 Å². The number of anilines is 1. The van der Waals surface area contributed by atoms with Gasteiger partial charge in [-0.15, -0.1) is 0 Å². The van der Waals surface area contributed by atoms with Gasteiger partial charge in [-0.1, -0.05) is 23.4 Å². The number of halogens is 1. The van der Waals surface area contributed by atoms with Crippen molar-refractivity contribution in [3.8, 4) is 5.69 Å². The quantitative estimate of drug-likeness (QED) is 0.352. The zero-order valence-electron chi connectivity index (χ0n) is 15.4. The number of carbonyl (C=O) groups is 2. The molecular weight excluding hydrogens is 424 g/mol. The summed E-state index contributed by atoms with van der Waals surface area (Å²) in [5, 5.41) is 9.20. The molecule has 0 aliphatic carbocycles. The Labute approximate surface area is 180 Å². The highest BCUT2D eigenvalue weighted by Crippen LogP contribution is 2.26. The maximum Gasteiger partial charge on any atom is 0.248 e. The zero-order valence-corrected chi connectivity index (χ0v) is 17.0. The van der Waals surface area contributed by atoms with Crippen LogP contribution < -0.4 is 11.1 Å². The molecule has 0 atom stereocenters. The van der Waals surface area contributed by atoms with Gasteiger partial charge >= 0.3 is 0 Å². The van der Waals surface area contributed by atoms with Gasteiger partial charge < -0.3 is 11.1 Å². The van der Waals surface area contributed by atoms with Crippen molar-refractivity contribution >= 4 is 51.9 Å². The van der Waals surface area contributed by atoms with Crippen molar-refractivity contribution in [1.29, 1.82) is 0 Å². The van der Waals surface area contributed by atoms with Crippen LogP contribution in [0.1, 0.15) is 10.4 Å². The van der Waals surface area contributed by atoms with Crippen LogP contribution in [0, 0.1) is 0 Å². The van der Waals surface area contributed by atoms with Gasteiger partial charge in [-0.25, -0.2) is 14.6 Å². The third-order valence-electron chi connectivity index (χ3n) is 4.19. The summed E-state index contributed by atoms with van der Waals surface area (Å²) in [6, 6.07) is 13.6. The second-order valence-electron chi connectivity index (χ2n) is 6.23. The van der Waals surface area contributed by atoms with Gasteiger partial charge in [0.25, 0.3) is 0 Å². The summed E-state index contributed by atoms with van der Waals surface area (Å²) in [4.78, 5) is 32.0. The average molecular weight is 439 g/mol. The maximum atomic E-state index is 12.3. The summed E-state index contributed by atoms with van der Waals surface area (Å²) >= 11 is 7.23. The fourth-order valence-electron chi connectivity index (χ4n) is 2.76. The number of nitrogens with one attached hydrogen (secondary N) is 1. The molecule has 0 fully saturated rings. The number of benzene rings is 2. The van der Waals surface area contributed by atoms with Gasteiger partial charge in [0.1, 0.15) is 11.4 Å². The third-order valence-corrected chi connectivity index (χ3v) is 5.45. The lowest BCUT2D eigenvalue weighted by Crippen LogP contribution is -2.15.